The molecular formula is C14H15N3O. The van der Waals surface area contributed by atoms with Crippen LogP contribution in [0.5, 0.6) is 0 Å². The molecule has 1 aliphatic rings. The summed E-state index contributed by atoms with van der Waals surface area (Å²) in [6.45, 7) is 1.88. The van der Waals surface area contributed by atoms with E-state index in [1.807, 2.05) is 43.4 Å². The Morgan fingerprint density at radius 3 is 2.89 bits per heavy atom. The van der Waals surface area contributed by atoms with Crippen LogP contribution in [-0.2, 0) is 6.42 Å². The lowest BCUT2D eigenvalue weighted by Crippen LogP contribution is -2.18. The average Bonchev–Trinajstić information content (AvgIpc) is 2.52. The molecule has 0 aliphatic heterocycles. The second-order valence-corrected chi connectivity index (χ2v) is 3.88. The monoisotopic (exact) mass is 241 g/mol. The molecule has 4 heteroatoms. The molecule has 1 aliphatic carbocycles. The van der Waals surface area contributed by atoms with Gasteiger partial charge < -0.3 is 4.98 Å². The van der Waals surface area contributed by atoms with Crippen molar-refractivity contribution in [3.05, 3.63) is 64.4 Å². The second kappa shape index (κ2) is 5.91. The van der Waals surface area contributed by atoms with Crippen molar-refractivity contribution in [2.24, 2.45) is 0 Å². The van der Waals surface area contributed by atoms with Crippen molar-refractivity contribution >= 4 is 5.57 Å². The van der Waals surface area contributed by atoms with Crippen LogP contribution in [0.4, 0.5) is 0 Å². The zero-order valence-electron chi connectivity index (χ0n) is 10.3. The average molecular weight is 241 g/mol. The first-order valence-corrected chi connectivity index (χ1v) is 5.97. The van der Waals surface area contributed by atoms with Crippen molar-refractivity contribution in [3.8, 4) is 0 Å². The Kier molecular flexibility index (Phi) is 4.02. The Bertz CT molecular complexity index is 591. The largest absolute Gasteiger partial charge is 0.303 e. The molecule has 18 heavy (non-hydrogen) atoms. The molecule has 0 atom stereocenters. The molecule has 0 aromatic carbocycles. The van der Waals surface area contributed by atoms with Gasteiger partial charge in [-0.3, -0.25) is 4.79 Å². The van der Waals surface area contributed by atoms with Gasteiger partial charge in [0.1, 0.15) is 5.69 Å². The summed E-state index contributed by atoms with van der Waals surface area (Å²) in [7, 11) is 0. The Labute approximate surface area is 105 Å². The molecule has 4 nitrogen and oxygen atoms in total. The first kappa shape index (κ1) is 12.2. The zero-order chi connectivity index (χ0) is 12.8. The fourth-order valence-electron chi connectivity index (χ4n) is 1.59. The minimum absolute atomic E-state index is 0.168. The number of nitrogens with one attached hydrogen (secondary N) is 1. The van der Waals surface area contributed by atoms with E-state index < -0.39 is 0 Å². The lowest BCUT2D eigenvalue weighted by atomic mass is 10.2. The summed E-state index contributed by atoms with van der Waals surface area (Å²) in [5.41, 5.74) is 1.14. The van der Waals surface area contributed by atoms with E-state index in [0.29, 0.717) is 17.9 Å². The van der Waals surface area contributed by atoms with Crippen LogP contribution in [0.2, 0.25) is 0 Å². The second-order valence-electron chi connectivity index (χ2n) is 3.88. The van der Waals surface area contributed by atoms with Crippen molar-refractivity contribution < 1.29 is 0 Å². The summed E-state index contributed by atoms with van der Waals surface area (Å²) in [4.78, 5) is 14.5. The van der Waals surface area contributed by atoms with Crippen LogP contribution in [0, 0.1) is 0 Å². The van der Waals surface area contributed by atoms with Gasteiger partial charge in [-0.1, -0.05) is 49.5 Å². The number of hydrogen-bond acceptors (Lipinski definition) is 3. The molecule has 0 spiro atoms. The van der Waals surface area contributed by atoms with Crippen molar-refractivity contribution in [1.82, 2.24) is 15.2 Å². The summed E-state index contributed by atoms with van der Waals surface area (Å²) in [6, 6.07) is 0. The van der Waals surface area contributed by atoms with Crippen molar-refractivity contribution in [3.63, 3.8) is 0 Å². The topological polar surface area (TPSA) is 58.6 Å². The Balaban J connectivity index is 2.38. The molecule has 0 unspecified atom stereocenters. The third-order valence-corrected chi connectivity index (χ3v) is 2.58. The molecule has 0 radical (unpaired) electrons. The summed E-state index contributed by atoms with van der Waals surface area (Å²) in [5, 5.41) is 8.00. The molecule has 92 valence electrons. The van der Waals surface area contributed by atoms with E-state index in [-0.39, 0.29) is 5.56 Å². The van der Waals surface area contributed by atoms with Gasteiger partial charge in [0, 0.05) is 5.57 Å². The number of H-pyrrole nitrogens is 1. The van der Waals surface area contributed by atoms with Crippen LogP contribution in [0.25, 0.3) is 5.57 Å². The maximum absolute atomic E-state index is 11.7. The minimum atomic E-state index is -0.168. The third kappa shape index (κ3) is 2.91. The van der Waals surface area contributed by atoms with E-state index in [4.69, 9.17) is 0 Å². The summed E-state index contributed by atoms with van der Waals surface area (Å²) in [5.74, 6) is 0.500. The molecular weight excluding hydrogens is 226 g/mol. The standard InChI is InChI=1S/C14H15N3O/c1-2-12-14(18)15-13(17-16-12)11-9-7-5-3-4-6-8-10-11/h3-5,7-10H,2,6H2,1H3,(H,15,17,18)/b4-3-,7-5-,10-8?,11-9+. The lowest BCUT2D eigenvalue weighted by Gasteiger charge is -2.01. The normalized spacial score (nSPS) is 21.3. The highest BCUT2D eigenvalue weighted by atomic mass is 16.1. The van der Waals surface area contributed by atoms with Crippen LogP contribution < -0.4 is 5.56 Å². The number of aromatic nitrogens is 3. The van der Waals surface area contributed by atoms with Gasteiger partial charge in [-0.25, -0.2) is 0 Å². The minimum Gasteiger partial charge on any atom is -0.303 e. The highest BCUT2D eigenvalue weighted by molar-refractivity contribution is 5.70. The van der Waals surface area contributed by atoms with Crippen LogP contribution >= 0.6 is 0 Å². The Morgan fingerprint density at radius 2 is 2.11 bits per heavy atom. The number of aryl methyl sites for hydroxylation is 1. The zero-order valence-corrected chi connectivity index (χ0v) is 10.3. The predicted octanol–water partition coefficient (Wildman–Crippen LogP) is 2.18. The molecule has 1 heterocycles. The smallest absolute Gasteiger partial charge is 0.273 e. The third-order valence-electron chi connectivity index (χ3n) is 2.58. The van der Waals surface area contributed by atoms with Crippen LogP contribution in [0.15, 0.2) is 47.3 Å². The molecule has 0 amide bonds. The molecule has 0 saturated heterocycles. The quantitative estimate of drug-likeness (QED) is 0.863. The maximum atomic E-state index is 11.7. The van der Waals surface area contributed by atoms with Gasteiger partial charge in [-0.2, -0.15) is 0 Å². The van der Waals surface area contributed by atoms with E-state index in [2.05, 4.69) is 21.3 Å². The molecule has 1 aromatic rings. The summed E-state index contributed by atoms with van der Waals surface area (Å²) >= 11 is 0. The lowest BCUT2D eigenvalue weighted by molar-refractivity contribution is 0.838. The number of rotatable bonds is 2. The molecule has 0 fully saturated rings. The van der Waals surface area contributed by atoms with E-state index >= 15 is 0 Å². The highest BCUT2D eigenvalue weighted by Gasteiger charge is 2.05. The molecule has 2 rings (SSSR count). The van der Waals surface area contributed by atoms with E-state index in [1.165, 1.54) is 0 Å². The van der Waals surface area contributed by atoms with Gasteiger partial charge >= 0.3 is 0 Å². The van der Waals surface area contributed by atoms with E-state index in [0.717, 1.165) is 12.0 Å². The molecule has 0 saturated carbocycles. The van der Waals surface area contributed by atoms with Gasteiger partial charge in [0.25, 0.3) is 5.56 Å². The fraction of sp³-hybridized carbons (Fsp3) is 0.214. The Hall–Kier alpha value is -2.23. The Morgan fingerprint density at radius 1 is 1.22 bits per heavy atom. The summed E-state index contributed by atoms with van der Waals surface area (Å²) < 4.78 is 0. The predicted molar refractivity (Wildman–Crippen MR) is 72.0 cm³/mol. The molecule has 1 N–H and O–H groups in total. The van der Waals surface area contributed by atoms with Gasteiger partial charge in [0.2, 0.25) is 0 Å². The molecule has 1 aromatic heterocycles. The van der Waals surface area contributed by atoms with E-state index in [1.54, 1.807) is 0 Å². The van der Waals surface area contributed by atoms with Crippen LogP contribution in [-0.4, -0.2) is 15.2 Å². The fourth-order valence-corrected chi connectivity index (χ4v) is 1.59. The van der Waals surface area contributed by atoms with Crippen molar-refractivity contribution in [2.45, 2.75) is 19.8 Å². The number of nitrogens with zero attached hydrogens (tertiary/aromatic N) is 2. The number of aromatic amines is 1. The maximum Gasteiger partial charge on any atom is 0.273 e. The van der Waals surface area contributed by atoms with Gasteiger partial charge in [0.05, 0.1) is 0 Å². The van der Waals surface area contributed by atoms with Crippen molar-refractivity contribution in [2.75, 3.05) is 0 Å². The van der Waals surface area contributed by atoms with Gasteiger partial charge in [-0.15, -0.1) is 10.2 Å². The highest BCUT2D eigenvalue weighted by Crippen LogP contribution is 2.11. The van der Waals surface area contributed by atoms with Gasteiger partial charge in [-0.05, 0) is 12.8 Å². The van der Waals surface area contributed by atoms with Crippen molar-refractivity contribution in [1.29, 1.82) is 0 Å². The van der Waals surface area contributed by atoms with Gasteiger partial charge in [0.15, 0.2) is 5.82 Å². The summed E-state index contributed by atoms with van der Waals surface area (Å²) in [6.07, 6.45) is 15.2. The molecule has 0 bridgehead atoms. The van der Waals surface area contributed by atoms with E-state index in [9.17, 15) is 4.79 Å². The SMILES string of the molecule is CCc1nnc(/C2=C/C=C\C=C/CC=C2)[nH]c1=O. The first-order valence-electron chi connectivity index (χ1n) is 5.97. The number of hydrogen-bond donors (Lipinski definition) is 1. The van der Waals surface area contributed by atoms with Crippen LogP contribution in [0.1, 0.15) is 24.9 Å². The number of allylic oxidation sites excluding steroid dienone is 8. The first-order chi connectivity index (χ1) is 8.81. The van der Waals surface area contributed by atoms with Crippen LogP contribution in [0.3, 0.4) is 0 Å².